The summed E-state index contributed by atoms with van der Waals surface area (Å²) >= 11 is 35.9. The van der Waals surface area contributed by atoms with Gasteiger partial charge in [0.2, 0.25) is 0 Å². The predicted molar refractivity (Wildman–Crippen MR) is 95.5 cm³/mol. The van der Waals surface area contributed by atoms with Gasteiger partial charge in [-0.05, 0) is 0 Å². The summed E-state index contributed by atoms with van der Waals surface area (Å²) in [7, 11) is 0. The highest BCUT2D eigenvalue weighted by Crippen LogP contribution is 2.78. The first-order valence-electron chi connectivity index (χ1n) is 6.61. The molecule has 0 saturated heterocycles. The van der Waals surface area contributed by atoms with Gasteiger partial charge in [-0.3, -0.25) is 9.59 Å². The van der Waals surface area contributed by atoms with Crippen LogP contribution in [-0.4, -0.2) is 25.1 Å². The molecule has 4 rings (SSSR count). The third-order valence-electron chi connectivity index (χ3n) is 4.96. The Morgan fingerprint density at radius 2 is 1.17 bits per heavy atom. The van der Waals surface area contributed by atoms with Crippen LogP contribution < -0.4 is 0 Å². The molecule has 0 aliphatic heterocycles. The molecule has 2 nitrogen and oxygen atoms in total. The monoisotopic (exact) mass is 472 g/mol. The van der Waals surface area contributed by atoms with E-state index in [4.69, 9.17) is 58.0 Å². The normalized spacial score (nSPS) is 44.6. The number of allylic oxidation sites excluding steroid dienone is 2. The summed E-state index contributed by atoms with van der Waals surface area (Å²) in [5.74, 6) is -2.60. The Kier molecular flexibility index (Phi) is 3.40. The van der Waals surface area contributed by atoms with Crippen LogP contribution in [0.4, 0.5) is 0 Å². The lowest BCUT2D eigenvalue weighted by Crippen LogP contribution is -2.48. The largest absolute Gasteiger partial charge is 0.294 e. The van der Waals surface area contributed by atoms with Crippen LogP contribution >= 0.6 is 73.9 Å². The van der Waals surface area contributed by atoms with Gasteiger partial charge in [0.25, 0.3) is 0 Å². The zero-order valence-electron chi connectivity index (χ0n) is 11.0. The van der Waals surface area contributed by atoms with Crippen LogP contribution in [0.3, 0.4) is 0 Å². The minimum Gasteiger partial charge on any atom is -0.294 e. The number of hydrogen-bond donors (Lipinski definition) is 0. The molecule has 0 N–H and O–H groups in total. The van der Waals surface area contributed by atoms with E-state index >= 15 is 0 Å². The average molecular weight is 475 g/mol. The molecule has 120 valence electrons. The highest BCUT2D eigenvalue weighted by atomic mass is 79.9. The smallest absolute Gasteiger partial charge is 0.169 e. The summed E-state index contributed by atoms with van der Waals surface area (Å²) in [6.45, 7) is 0. The molecule has 8 heteroatoms. The fourth-order valence-electron chi connectivity index (χ4n) is 3.89. The molecule has 0 spiro atoms. The summed E-state index contributed by atoms with van der Waals surface area (Å²) < 4.78 is -1.56. The highest BCUT2D eigenvalue weighted by Gasteiger charge is 2.85. The van der Waals surface area contributed by atoms with Gasteiger partial charge in [-0.15, -0.1) is 34.8 Å². The lowest BCUT2D eigenvalue weighted by atomic mass is 9.69. The van der Waals surface area contributed by atoms with Crippen LogP contribution in [0.25, 0.3) is 0 Å². The van der Waals surface area contributed by atoms with E-state index in [0.717, 1.165) is 0 Å². The van der Waals surface area contributed by atoms with E-state index in [-0.39, 0.29) is 21.6 Å². The van der Waals surface area contributed by atoms with Crippen molar-refractivity contribution in [3.8, 4) is 0 Å². The Balaban J connectivity index is 2.08. The first-order chi connectivity index (χ1) is 10.6. The van der Waals surface area contributed by atoms with Crippen molar-refractivity contribution in [3.63, 3.8) is 0 Å². The van der Waals surface area contributed by atoms with Crippen LogP contribution in [0.5, 0.6) is 0 Å². The van der Waals surface area contributed by atoms with E-state index in [1.165, 1.54) is 0 Å². The number of halogens is 6. The maximum Gasteiger partial charge on any atom is 0.169 e. The Labute approximate surface area is 165 Å². The first kappa shape index (κ1) is 16.7. The summed E-state index contributed by atoms with van der Waals surface area (Å²) in [4.78, 5) is 22.8. The molecule has 3 aliphatic carbocycles. The molecule has 1 aromatic carbocycles. The van der Waals surface area contributed by atoms with Gasteiger partial charge < -0.3 is 0 Å². The van der Waals surface area contributed by atoms with E-state index in [2.05, 4.69) is 15.9 Å². The number of ketones is 2. The molecule has 23 heavy (non-hydrogen) atoms. The van der Waals surface area contributed by atoms with Crippen LogP contribution in [0, 0.1) is 11.8 Å². The summed E-state index contributed by atoms with van der Waals surface area (Å²) in [5.41, 5.74) is 0.597. The van der Waals surface area contributed by atoms with Crippen molar-refractivity contribution in [2.45, 2.75) is 13.5 Å². The van der Waals surface area contributed by atoms with E-state index < -0.39 is 25.4 Å². The fourth-order valence-corrected chi connectivity index (χ4v) is 7.43. The summed E-state index contributed by atoms with van der Waals surface area (Å²) in [6, 6.07) is 6.54. The SMILES string of the molecule is O=C1c2ccccc2C(=O)[C@H]2[C@@H]1[C@@]1(Cl)C(Cl)=C(Cl)[C@]2(Cl)C1(Cl)Br. The molecular weight excluding hydrogens is 469 g/mol. The van der Waals surface area contributed by atoms with Gasteiger partial charge in [-0.1, -0.05) is 63.4 Å². The second kappa shape index (κ2) is 4.69. The molecule has 1 unspecified atom stereocenters. The molecular formula is C15H6BrCl5O2. The van der Waals surface area contributed by atoms with Crippen molar-refractivity contribution in [3.05, 3.63) is 45.5 Å². The van der Waals surface area contributed by atoms with E-state index in [1.807, 2.05) is 0 Å². The van der Waals surface area contributed by atoms with Gasteiger partial charge in [-0.25, -0.2) is 0 Å². The number of carbonyl (C=O) groups excluding carboxylic acids is 2. The second-order valence-corrected chi connectivity index (χ2v) is 10.0. The summed E-state index contributed by atoms with van der Waals surface area (Å²) in [6.07, 6.45) is 0. The van der Waals surface area contributed by atoms with Crippen molar-refractivity contribution in [2.75, 3.05) is 0 Å². The molecule has 3 aliphatic rings. The number of benzene rings is 1. The zero-order valence-corrected chi connectivity index (χ0v) is 16.4. The number of alkyl halides is 4. The fraction of sp³-hybridized carbons (Fsp3) is 0.333. The quantitative estimate of drug-likeness (QED) is 0.478. The van der Waals surface area contributed by atoms with E-state index in [0.29, 0.717) is 11.1 Å². The molecule has 0 heterocycles. The van der Waals surface area contributed by atoms with Gasteiger partial charge in [-0.2, -0.15) is 0 Å². The standard InChI is InChI=1S/C15H6BrCl5O2/c16-15(21)13(19)7-8(14(15,20)12(18)11(13)17)10(23)6-4-2-1-3-5(6)9(7)22/h1-4,7-8H/t7-,8+,13+,14-,15?. The Bertz CT molecular complexity index is 770. The van der Waals surface area contributed by atoms with Gasteiger partial charge in [0.1, 0.15) is 13.5 Å². The predicted octanol–water partition coefficient (Wildman–Crippen LogP) is 5.30. The lowest BCUT2D eigenvalue weighted by molar-refractivity contribution is 0.0733. The van der Waals surface area contributed by atoms with E-state index in [1.54, 1.807) is 24.3 Å². The molecule has 1 aromatic rings. The van der Waals surface area contributed by atoms with Crippen LogP contribution in [-0.2, 0) is 0 Å². The van der Waals surface area contributed by atoms with Crippen molar-refractivity contribution in [2.24, 2.45) is 11.8 Å². The number of rotatable bonds is 0. The highest BCUT2D eigenvalue weighted by molar-refractivity contribution is 9.10. The average Bonchev–Trinajstić information content (AvgIpc) is 2.73. The van der Waals surface area contributed by atoms with Crippen LogP contribution in [0.15, 0.2) is 34.3 Å². The zero-order chi connectivity index (χ0) is 16.9. The third kappa shape index (κ3) is 1.53. The first-order valence-corrected chi connectivity index (χ1v) is 9.29. The minimum absolute atomic E-state index is 0.00416. The Hall–Kier alpha value is 0.230. The van der Waals surface area contributed by atoms with Gasteiger partial charge >= 0.3 is 0 Å². The molecule has 0 radical (unpaired) electrons. The van der Waals surface area contributed by atoms with Crippen molar-refractivity contribution >= 4 is 85.5 Å². The molecule has 1 fully saturated rings. The number of hydrogen-bond acceptors (Lipinski definition) is 2. The van der Waals surface area contributed by atoms with Gasteiger partial charge in [0.05, 0.1) is 21.9 Å². The minimum atomic E-state index is -1.60. The Morgan fingerprint density at radius 3 is 1.52 bits per heavy atom. The van der Waals surface area contributed by atoms with Crippen molar-refractivity contribution in [1.82, 2.24) is 0 Å². The lowest BCUT2D eigenvalue weighted by Gasteiger charge is -2.38. The van der Waals surface area contributed by atoms with E-state index in [9.17, 15) is 9.59 Å². The summed E-state index contributed by atoms with van der Waals surface area (Å²) in [5, 5.41) is 0.00831. The number of fused-ring (bicyclic) bond motifs is 6. The maximum atomic E-state index is 13.0. The molecule has 2 bridgehead atoms. The van der Waals surface area contributed by atoms with Crippen LogP contribution in [0.2, 0.25) is 0 Å². The van der Waals surface area contributed by atoms with Gasteiger partial charge in [0, 0.05) is 11.1 Å². The Morgan fingerprint density at radius 1 is 0.826 bits per heavy atom. The number of carbonyl (C=O) groups is 2. The number of Topliss-reactive ketones (excluding diaryl/α,β-unsaturated/α-hetero) is 2. The van der Waals surface area contributed by atoms with Crippen molar-refractivity contribution in [1.29, 1.82) is 0 Å². The van der Waals surface area contributed by atoms with Gasteiger partial charge in [0.15, 0.2) is 11.6 Å². The second-order valence-electron chi connectivity index (χ2n) is 5.86. The third-order valence-corrected chi connectivity index (χ3v) is 10.1. The molecule has 5 atom stereocenters. The molecule has 0 aromatic heterocycles. The molecule has 0 amide bonds. The maximum absolute atomic E-state index is 13.0. The van der Waals surface area contributed by atoms with Crippen molar-refractivity contribution < 1.29 is 9.59 Å². The van der Waals surface area contributed by atoms with Crippen LogP contribution in [0.1, 0.15) is 20.7 Å². The topological polar surface area (TPSA) is 34.1 Å². The molecule has 1 saturated carbocycles.